The second-order valence-electron chi connectivity index (χ2n) is 5.15. The molecule has 0 saturated carbocycles. The Bertz CT molecular complexity index is 724. The predicted molar refractivity (Wildman–Crippen MR) is 105 cm³/mol. The van der Waals surface area contributed by atoms with Crippen molar-refractivity contribution in [3.05, 3.63) is 57.0 Å². The average molecular weight is 414 g/mol. The Balaban J connectivity index is 2.11. The van der Waals surface area contributed by atoms with E-state index in [4.69, 9.17) is 28.6 Å². The van der Waals surface area contributed by atoms with E-state index in [0.29, 0.717) is 16.7 Å². The van der Waals surface area contributed by atoms with Crippen molar-refractivity contribution in [2.24, 2.45) is 0 Å². The highest BCUT2D eigenvalue weighted by atomic mass is 79.9. The summed E-state index contributed by atoms with van der Waals surface area (Å²) in [5.41, 5.74) is 2.94. The first-order valence-electron chi connectivity index (χ1n) is 7.02. The Morgan fingerprint density at radius 3 is 2.78 bits per heavy atom. The van der Waals surface area contributed by atoms with E-state index in [0.717, 1.165) is 27.0 Å². The standard InChI is InChI=1S/C17H18BrClN2OS/c1-11-14(19)5-4-6-15(11)20-17(23)21(2)10-12-9-13(18)7-8-16(12)22-3/h4-9H,10H2,1-3H3,(H,20,23). The fourth-order valence-corrected chi connectivity index (χ4v) is 2.91. The summed E-state index contributed by atoms with van der Waals surface area (Å²) in [5.74, 6) is 0.835. The van der Waals surface area contributed by atoms with Crippen molar-refractivity contribution in [1.82, 2.24) is 4.90 Å². The third-order valence-electron chi connectivity index (χ3n) is 3.51. The molecule has 0 saturated heterocycles. The van der Waals surface area contributed by atoms with E-state index in [1.807, 2.05) is 55.3 Å². The minimum atomic E-state index is 0.623. The molecule has 0 unspecified atom stereocenters. The maximum Gasteiger partial charge on any atom is 0.173 e. The fraction of sp³-hybridized carbons (Fsp3) is 0.235. The van der Waals surface area contributed by atoms with Gasteiger partial charge in [0.15, 0.2) is 5.11 Å². The SMILES string of the molecule is COc1ccc(Br)cc1CN(C)C(=S)Nc1cccc(Cl)c1C. The summed E-state index contributed by atoms with van der Waals surface area (Å²) in [6, 6.07) is 11.6. The van der Waals surface area contributed by atoms with Crippen LogP contribution >= 0.6 is 39.7 Å². The molecule has 0 bridgehead atoms. The molecule has 0 aliphatic rings. The summed E-state index contributed by atoms with van der Waals surface area (Å²) in [5, 5.41) is 4.58. The molecule has 2 aromatic carbocycles. The molecule has 0 fully saturated rings. The second kappa shape index (κ2) is 7.99. The van der Waals surface area contributed by atoms with Crippen LogP contribution in [-0.4, -0.2) is 24.2 Å². The first-order valence-corrected chi connectivity index (χ1v) is 8.60. The van der Waals surface area contributed by atoms with Gasteiger partial charge in [0.25, 0.3) is 0 Å². The third kappa shape index (κ3) is 4.59. The Kier molecular flexibility index (Phi) is 6.27. The number of benzene rings is 2. The largest absolute Gasteiger partial charge is 0.496 e. The fourth-order valence-electron chi connectivity index (χ4n) is 2.15. The lowest BCUT2D eigenvalue weighted by Gasteiger charge is -2.23. The van der Waals surface area contributed by atoms with Gasteiger partial charge >= 0.3 is 0 Å². The van der Waals surface area contributed by atoms with Crippen LogP contribution in [0.1, 0.15) is 11.1 Å². The average Bonchev–Trinajstić information content (AvgIpc) is 2.52. The van der Waals surface area contributed by atoms with Crippen LogP contribution in [0.3, 0.4) is 0 Å². The molecule has 6 heteroatoms. The van der Waals surface area contributed by atoms with Crippen LogP contribution in [0, 0.1) is 6.92 Å². The number of anilines is 1. The number of thiocarbonyl (C=S) groups is 1. The van der Waals surface area contributed by atoms with Crippen LogP contribution in [0.2, 0.25) is 5.02 Å². The van der Waals surface area contributed by atoms with Crippen molar-refractivity contribution in [2.75, 3.05) is 19.5 Å². The molecule has 1 N–H and O–H groups in total. The Morgan fingerprint density at radius 2 is 2.09 bits per heavy atom. The molecular formula is C17H18BrClN2OS. The highest BCUT2D eigenvalue weighted by Gasteiger charge is 2.11. The number of nitrogens with zero attached hydrogens (tertiary/aromatic N) is 1. The summed E-state index contributed by atoms with van der Waals surface area (Å²) in [6.07, 6.45) is 0. The van der Waals surface area contributed by atoms with Crippen molar-refractivity contribution in [3.63, 3.8) is 0 Å². The van der Waals surface area contributed by atoms with Crippen LogP contribution in [-0.2, 0) is 6.54 Å². The van der Waals surface area contributed by atoms with Gasteiger partial charge in [-0.2, -0.15) is 0 Å². The van der Waals surface area contributed by atoms with E-state index < -0.39 is 0 Å². The highest BCUT2D eigenvalue weighted by Crippen LogP contribution is 2.25. The molecule has 0 aliphatic heterocycles. The van der Waals surface area contributed by atoms with Crippen LogP contribution in [0.25, 0.3) is 0 Å². The molecule has 122 valence electrons. The molecule has 0 radical (unpaired) electrons. The summed E-state index contributed by atoms with van der Waals surface area (Å²) in [7, 11) is 3.61. The lowest BCUT2D eigenvalue weighted by atomic mass is 10.2. The first-order chi connectivity index (χ1) is 10.9. The molecule has 23 heavy (non-hydrogen) atoms. The number of nitrogens with one attached hydrogen (secondary N) is 1. The van der Waals surface area contributed by atoms with E-state index in [1.165, 1.54) is 0 Å². The summed E-state index contributed by atoms with van der Waals surface area (Å²) >= 11 is 15.1. The van der Waals surface area contributed by atoms with Crippen molar-refractivity contribution >= 4 is 50.5 Å². The summed E-state index contributed by atoms with van der Waals surface area (Å²) < 4.78 is 6.41. The predicted octanol–water partition coefficient (Wildman–Crippen LogP) is 5.25. The van der Waals surface area contributed by atoms with Crippen LogP contribution in [0.4, 0.5) is 5.69 Å². The molecule has 3 nitrogen and oxygen atoms in total. The van der Waals surface area contributed by atoms with E-state index in [-0.39, 0.29) is 0 Å². The maximum absolute atomic E-state index is 6.14. The summed E-state index contributed by atoms with van der Waals surface area (Å²) in [6.45, 7) is 2.60. The molecule has 2 aromatic rings. The molecule has 0 spiro atoms. The van der Waals surface area contributed by atoms with Gasteiger partial charge in [0.05, 0.1) is 7.11 Å². The third-order valence-corrected chi connectivity index (χ3v) is 4.82. The molecule has 0 atom stereocenters. The molecule has 2 rings (SSSR count). The quantitative estimate of drug-likeness (QED) is 0.692. The second-order valence-corrected chi connectivity index (χ2v) is 6.86. The molecule has 0 aromatic heterocycles. The molecule has 0 aliphatic carbocycles. The van der Waals surface area contributed by atoms with Crippen molar-refractivity contribution in [2.45, 2.75) is 13.5 Å². The van der Waals surface area contributed by atoms with Gasteiger partial charge < -0.3 is 15.0 Å². The normalized spacial score (nSPS) is 10.3. The van der Waals surface area contributed by atoms with E-state index >= 15 is 0 Å². The monoisotopic (exact) mass is 412 g/mol. The molecule has 0 amide bonds. The number of halogens is 2. The van der Waals surface area contributed by atoms with Gasteiger partial charge in [-0.3, -0.25) is 0 Å². The lowest BCUT2D eigenvalue weighted by Crippen LogP contribution is -2.31. The van der Waals surface area contributed by atoms with Crippen LogP contribution in [0.15, 0.2) is 40.9 Å². The van der Waals surface area contributed by atoms with Gasteiger partial charge in [-0.25, -0.2) is 0 Å². The number of hydrogen-bond donors (Lipinski definition) is 1. The maximum atomic E-state index is 6.14. The van der Waals surface area contributed by atoms with Gasteiger partial charge in [-0.15, -0.1) is 0 Å². The summed E-state index contributed by atoms with van der Waals surface area (Å²) in [4.78, 5) is 1.96. The van der Waals surface area contributed by atoms with Crippen LogP contribution < -0.4 is 10.1 Å². The minimum absolute atomic E-state index is 0.623. The topological polar surface area (TPSA) is 24.5 Å². The minimum Gasteiger partial charge on any atom is -0.496 e. The number of ether oxygens (including phenoxy) is 1. The zero-order chi connectivity index (χ0) is 17.0. The Labute approximate surface area is 155 Å². The van der Waals surface area contributed by atoms with Gasteiger partial charge in [0, 0.05) is 34.3 Å². The van der Waals surface area contributed by atoms with Gasteiger partial charge in [0.2, 0.25) is 0 Å². The molecule has 0 heterocycles. The number of hydrogen-bond acceptors (Lipinski definition) is 2. The van der Waals surface area contributed by atoms with Crippen LogP contribution in [0.5, 0.6) is 5.75 Å². The van der Waals surface area contributed by atoms with Gasteiger partial charge in [-0.05, 0) is 55.0 Å². The zero-order valence-electron chi connectivity index (χ0n) is 13.2. The molecular weight excluding hydrogens is 396 g/mol. The zero-order valence-corrected chi connectivity index (χ0v) is 16.3. The van der Waals surface area contributed by atoms with Crippen molar-refractivity contribution in [1.29, 1.82) is 0 Å². The lowest BCUT2D eigenvalue weighted by molar-refractivity contribution is 0.399. The van der Waals surface area contributed by atoms with Gasteiger partial charge in [-0.1, -0.05) is 33.6 Å². The van der Waals surface area contributed by atoms with E-state index in [9.17, 15) is 0 Å². The van der Waals surface area contributed by atoms with E-state index in [1.54, 1.807) is 7.11 Å². The Hall–Kier alpha value is -1.30. The number of rotatable bonds is 4. The highest BCUT2D eigenvalue weighted by molar-refractivity contribution is 9.10. The first kappa shape index (κ1) is 18.0. The Morgan fingerprint density at radius 1 is 1.35 bits per heavy atom. The van der Waals surface area contributed by atoms with Crippen molar-refractivity contribution < 1.29 is 4.74 Å². The van der Waals surface area contributed by atoms with Crippen molar-refractivity contribution in [3.8, 4) is 5.75 Å². The van der Waals surface area contributed by atoms with Gasteiger partial charge in [0.1, 0.15) is 5.75 Å². The smallest absolute Gasteiger partial charge is 0.173 e. The number of methoxy groups -OCH3 is 1. The van der Waals surface area contributed by atoms with E-state index in [2.05, 4.69) is 21.2 Å².